The molecule has 6 nitrogen and oxygen atoms in total. The molecule has 0 unspecified atom stereocenters. The van der Waals surface area contributed by atoms with Crippen molar-refractivity contribution in [2.24, 2.45) is 0 Å². The molecule has 2 N–H and O–H groups in total. The molecule has 2 aliphatic rings. The number of anilines is 1. The summed E-state index contributed by atoms with van der Waals surface area (Å²) in [5.41, 5.74) is 4.97. The Balaban J connectivity index is 1.29. The van der Waals surface area contributed by atoms with E-state index in [0.717, 1.165) is 50.0 Å². The van der Waals surface area contributed by atoms with E-state index in [1.165, 1.54) is 24.0 Å². The second-order valence-electron chi connectivity index (χ2n) is 8.13. The first-order valence-corrected chi connectivity index (χ1v) is 10.9. The van der Waals surface area contributed by atoms with E-state index in [0.29, 0.717) is 25.1 Å². The molecule has 0 radical (unpaired) electrons. The van der Waals surface area contributed by atoms with Gasteiger partial charge in [0.1, 0.15) is 0 Å². The minimum atomic E-state index is 0.165. The zero-order valence-electron chi connectivity index (χ0n) is 17.3. The van der Waals surface area contributed by atoms with Gasteiger partial charge in [0.25, 0.3) is 0 Å². The minimum Gasteiger partial charge on any atom is -0.351 e. The number of unbranched alkanes of at least 4 members (excludes halogenated alkanes) is 2. The maximum absolute atomic E-state index is 12.5. The topological polar surface area (TPSA) is 70.2 Å². The lowest BCUT2D eigenvalue weighted by atomic mass is 10.1. The van der Waals surface area contributed by atoms with Crippen molar-refractivity contribution >= 4 is 11.9 Å². The highest BCUT2D eigenvalue weighted by Gasteiger charge is 2.24. The van der Waals surface area contributed by atoms with Gasteiger partial charge in [-0.1, -0.05) is 44.0 Å². The summed E-state index contributed by atoms with van der Waals surface area (Å²) in [5, 5.41) is 6.77. The van der Waals surface area contributed by atoms with Crippen molar-refractivity contribution in [1.82, 2.24) is 20.2 Å². The lowest BCUT2D eigenvalue weighted by molar-refractivity contribution is -0.131. The van der Waals surface area contributed by atoms with E-state index in [4.69, 9.17) is 4.98 Å². The van der Waals surface area contributed by atoms with Crippen LogP contribution in [0.25, 0.3) is 0 Å². The molecule has 0 saturated carbocycles. The van der Waals surface area contributed by atoms with Gasteiger partial charge in [0.05, 0.1) is 12.2 Å². The van der Waals surface area contributed by atoms with Crippen molar-refractivity contribution in [2.75, 3.05) is 25.0 Å². The van der Waals surface area contributed by atoms with Crippen LogP contribution in [0.1, 0.15) is 48.6 Å². The second-order valence-corrected chi connectivity index (χ2v) is 8.13. The van der Waals surface area contributed by atoms with Crippen LogP contribution in [-0.4, -0.2) is 46.5 Å². The van der Waals surface area contributed by atoms with E-state index < -0.39 is 0 Å². The summed E-state index contributed by atoms with van der Waals surface area (Å²) in [4.78, 5) is 23.7. The molecule has 29 heavy (non-hydrogen) atoms. The van der Waals surface area contributed by atoms with Gasteiger partial charge in [0.2, 0.25) is 11.9 Å². The number of benzene rings is 1. The number of carbonyl (C=O) groups excluding carboxylic acids is 1. The molecule has 0 bridgehead atoms. The van der Waals surface area contributed by atoms with Gasteiger partial charge in [-0.15, -0.1) is 0 Å². The van der Waals surface area contributed by atoms with Gasteiger partial charge in [-0.2, -0.15) is 0 Å². The maximum atomic E-state index is 12.5. The highest BCUT2D eigenvalue weighted by Crippen LogP contribution is 2.24. The number of amides is 1. The van der Waals surface area contributed by atoms with Crippen LogP contribution in [0.4, 0.5) is 5.95 Å². The van der Waals surface area contributed by atoms with Crippen molar-refractivity contribution < 1.29 is 4.79 Å². The molecule has 1 aromatic carbocycles. The SMILES string of the molecule is CCCCCNCC(=O)N1CCc2nc(NC3Cc4ccccc4C3)ncc2C1. The van der Waals surface area contributed by atoms with Crippen molar-refractivity contribution in [2.45, 2.75) is 58.0 Å². The Morgan fingerprint density at radius 2 is 1.97 bits per heavy atom. The largest absolute Gasteiger partial charge is 0.351 e. The molecule has 0 fully saturated rings. The summed E-state index contributed by atoms with van der Waals surface area (Å²) in [6.45, 7) is 4.86. The third-order valence-electron chi connectivity index (χ3n) is 5.90. The Morgan fingerprint density at radius 1 is 1.17 bits per heavy atom. The lowest BCUT2D eigenvalue weighted by Gasteiger charge is -2.28. The zero-order valence-corrected chi connectivity index (χ0v) is 17.3. The number of hydrogen-bond donors (Lipinski definition) is 2. The summed E-state index contributed by atoms with van der Waals surface area (Å²) < 4.78 is 0. The summed E-state index contributed by atoms with van der Waals surface area (Å²) in [7, 11) is 0. The van der Waals surface area contributed by atoms with Gasteiger partial charge >= 0.3 is 0 Å². The summed E-state index contributed by atoms with van der Waals surface area (Å²) in [6, 6.07) is 8.96. The van der Waals surface area contributed by atoms with Crippen molar-refractivity contribution in [3.8, 4) is 0 Å². The second kappa shape index (κ2) is 9.35. The Morgan fingerprint density at radius 3 is 2.72 bits per heavy atom. The molecule has 1 aromatic heterocycles. The molecular formula is C23H31N5O. The number of nitrogens with one attached hydrogen (secondary N) is 2. The third kappa shape index (κ3) is 4.93. The molecule has 1 aliphatic heterocycles. The van der Waals surface area contributed by atoms with Crippen molar-refractivity contribution in [3.05, 3.63) is 52.8 Å². The van der Waals surface area contributed by atoms with Gasteiger partial charge in [0, 0.05) is 37.3 Å². The van der Waals surface area contributed by atoms with Crippen LogP contribution >= 0.6 is 0 Å². The number of nitrogens with zero attached hydrogens (tertiary/aromatic N) is 3. The van der Waals surface area contributed by atoms with E-state index in [-0.39, 0.29) is 5.91 Å². The van der Waals surface area contributed by atoms with Gasteiger partial charge in [-0.05, 0) is 36.9 Å². The number of aromatic nitrogens is 2. The van der Waals surface area contributed by atoms with E-state index in [9.17, 15) is 4.79 Å². The smallest absolute Gasteiger partial charge is 0.236 e. The van der Waals surface area contributed by atoms with E-state index in [1.807, 2.05) is 11.1 Å². The van der Waals surface area contributed by atoms with Crippen molar-refractivity contribution in [1.29, 1.82) is 0 Å². The number of carbonyl (C=O) groups is 1. The van der Waals surface area contributed by atoms with Crippen LogP contribution in [-0.2, 0) is 30.6 Å². The van der Waals surface area contributed by atoms with Crippen LogP contribution in [0.2, 0.25) is 0 Å². The number of fused-ring (bicyclic) bond motifs is 2. The molecule has 0 atom stereocenters. The normalized spacial score (nSPS) is 15.8. The summed E-state index contributed by atoms with van der Waals surface area (Å²) in [5.74, 6) is 0.872. The van der Waals surface area contributed by atoms with Crippen molar-refractivity contribution in [3.63, 3.8) is 0 Å². The maximum Gasteiger partial charge on any atom is 0.236 e. The molecule has 2 heterocycles. The zero-order chi connectivity index (χ0) is 20.1. The highest BCUT2D eigenvalue weighted by molar-refractivity contribution is 5.78. The standard InChI is InChI=1S/C23H31N5O/c1-2-3-6-10-24-15-22(29)28-11-9-21-19(16-28)14-25-23(27-21)26-20-12-17-7-4-5-8-18(17)13-20/h4-5,7-8,14,20,24H,2-3,6,9-13,15-16H2,1H3,(H,25,26,27). The third-order valence-corrected chi connectivity index (χ3v) is 5.90. The van der Waals surface area contributed by atoms with E-state index >= 15 is 0 Å². The predicted molar refractivity (Wildman–Crippen MR) is 115 cm³/mol. The Bertz CT molecular complexity index is 828. The van der Waals surface area contributed by atoms with Crippen LogP contribution < -0.4 is 10.6 Å². The summed E-state index contributed by atoms with van der Waals surface area (Å²) >= 11 is 0. The first-order valence-electron chi connectivity index (χ1n) is 10.9. The minimum absolute atomic E-state index is 0.165. The first-order chi connectivity index (χ1) is 14.2. The Hall–Kier alpha value is -2.47. The molecule has 4 rings (SSSR count). The molecule has 0 spiro atoms. The molecule has 0 saturated heterocycles. The Labute approximate surface area is 173 Å². The first kappa shape index (κ1) is 19.8. The van der Waals surface area contributed by atoms with Crippen LogP contribution in [0.3, 0.4) is 0 Å². The molecule has 1 amide bonds. The monoisotopic (exact) mass is 393 g/mol. The van der Waals surface area contributed by atoms with Gasteiger partial charge < -0.3 is 15.5 Å². The van der Waals surface area contributed by atoms with E-state index in [1.54, 1.807) is 0 Å². The van der Waals surface area contributed by atoms with Crippen LogP contribution in [0.5, 0.6) is 0 Å². The molecule has 154 valence electrons. The van der Waals surface area contributed by atoms with Crippen LogP contribution in [0, 0.1) is 0 Å². The van der Waals surface area contributed by atoms with Crippen LogP contribution in [0.15, 0.2) is 30.5 Å². The average molecular weight is 394 g/mol. The molecule has 6 heteroatoms. The number of rotatable bonds is 8. The van der Waals surface area contributed by atoms with Gasteiger partial charge in [0.15, 0.2) is 0 Å². The quantitative estimate of drug-likeness (QED) is 0.675. The fourth-order valence-corrected chi connectivity index (χ4v) is 4.25. The predicted octanol–water partition coefficient (Wildman–Crippen LogP) is 2.72. The molecule has 2 aromatic rings. The van der Waals surface area contributed by atoms with Gasteiger partial charge in [-0.25, -0.2) is 9.97 Å². The fraction of sp³-hybridized carbons (Fsp3) is 0.522. The fourth-order valence-electron chi connectivity index (χ4n) is 4.25. The summed E-state index contributed by atoms with van der Waals surface area (Å²) in [6.07, 6.45) is 8.25. The molecule has 1 aliphatic carbocycles. The number of hydrogen-bond acceptors (Lipinski definition) is 5. The average Bonchev–Trinajstić information content (AvgIpc) is 3.15. The van der Waals surface area contributed by atoms with Gasteiger partial charge in [-0.3, -0.25) is 4.79 Å². The van der Waals surface area contributed by atoms with E-state index in [2.05, 4.69) is 46.8 Å². The lowest BCUT2D eigenvalue weighted by Crippen LogP contribution is -2.41. The highest BCUT2D eigenvalue weighted by atomic mass is 16.2. The molecular weight excluding hydrogens is 362 g/mol. The Kier molecular flexibility index (Phi) is 6.39.